The third-order valence-electron chi connectivity index (χ3n) is 5.21. The number of anilines is 1. The highest BCUT2D eigenvalue weighted by Crippen LogP contribution is 2.33. The minimum absolute atomic E-state index is 0. The molecule has 0 unspecified atom stereocenters. The number of hydrogen-bond donors (Lipinski definition) is 2. The lowest BCUT2D eigenvalue weighted by atomic mass is 10.0. The van der Waals surface area contributed by atoms with Gasteiger partial charge in [0.15, 0.2) is 0 Å². The van der Waals surface area contributed by atoms with Crippen molar-refractivity contribution in [2.75, 3.05) is 5.32 Å². The zero-order valence-corrected chi connectivity index (χ0v) is 15.9. The molecule has 4 N–H and O–H groups in total. The molecule has 150 valence electrons. The predicted octanol–water partition coefficient (Wildman–Crippen LogP) is 2.68. The van der Waals surface area contributed by atoms with E-state index in [0.29, 0.717) is 34.4 Å². The van der Waals surface area contributed by atoms with Crippen LogP contribution in [0.1, 0.15) is 11.6 Å². The maximum Gasteiger partial charge on any atom is 0.262 e. The molecule has 0 bridgehead atoms. The molecule has 30 heavy (non-hydrogen) atoms. The van der Waals surface area contributed by atoms with Gasteiger partial charge in [0.25, 0.3) is 5.56 Å². The number of para-hydroxylation sites is 2. The number of fused-ring (bicyclic) bond motifs is 4. The van der Waals surface area contributed by atoms with Crippen molar-refractivity contribution >= 4 is 22.5 Å². The largest absolute Gasteiger partial charge is 0.508 e. The minimum atomic E-state index is -0.772. The van der Waals surface area contributed by atoms with Crippen molar-refractivity contribution in [3.63, 3.8) is 0 Å². The number of benzene rings is 3. The van der Waals surface area contributed by atoms with Gasteiger partial charge in [-0.3, -0.25) is 14.2 Å². The van der Waals surface area contributed by atoms with Crippen LogP contribution in [0.3, 0.4) is 0 Å². The lowest BCUT2D eigenvalue weighted by Crippen LogP contribution is -2.34. The SMILES string of the molecule is O.O=C1Nc2ccccc2-c2nc3ccccc3c(=O)n2[C@@H]1Cc1ccc(O)cc1. The molecule has 4 aromatic rings. The van der Waals surface area contributed by atoms with Crippen molar-refractivity contribution in [2.45, 2.75) is 12.5 Å². The summed E-state index contributed by atoms with van der Waals surface area (Å²) in [6, 6.07) is 20.4. The van der Waals surface area contributed by atoms with E-state index in [2.05, 4.69) is 5.32 Å². The van der Waals surface area contributed by atoms with Crippen molar-refractivity contribution in [1.29, 1.82) is 0 Å². The van der Waals surface area contributed by atoms with E-state index in [1.165, 1.54) is 4.57 Å². The highest BCUT2D eigenvalue weighted by Gasteiger charge is 2.31. The number of phenols is 1. The van der Waals surface area contributed by atoms with Crippen LogP contribution in [-0.2, 0) is 11.2 Å². The first-order valence-corrected chi connectivity index (χ1v) is 9.31. The lowest BCUT2D eigenvalue weighted by molar-refractivity contribution is -0.119. The van der Waals surface area contributed by atoms with Gasteiger partial charge in [0.2, 0.25) is 5.91 Å². The molecule has 0 saturated carbocycles. The highest BCUT2D eigenvalue weighted by molar-refractivity contribution is 6.00. The Labute approximate surface area is 171 Å². The molecule has 1 aromatic heterocycles. The average molecular weight is 401 g/mol. The van der Waals surface area contributed by atoms with Gasteiger partial charge < -0.3 is 15.9 Å². The smallest absolute Gasteiger partial charge is 0.262 e. The van der Waals surface area contributed by atoms with E-state index in [-0.39, 0.29) is 22.7 Å². The van der Waals surface area contributed by atoms with Gasteiger partial charge >= 0.3 is 0 Å². The Balaban J connectivity index is 0.00000218. The maximum atomic E-state index is 13.4. The number of hydrogen-bond acceptors (Lipinski definition) is 4. The number of amides is 1. The van der Waals surface area contributed by atoms with Crippen molar-refractivity contribution in [2.24, 2.45) is 0 Å². The first-order chi connectivity index (χ1) is 14.1. The van der Waals surface area contributed by atoms with Gasteiger partial charge in [-0.2, -0.15) is 0 Å². The molecule has 5 rings (SSSR count). The van der Waals surface area contributed by atoms with Gasteiger partial charge in [-0.25, -0.2) is 4.98 Å². The number of rotatable bonds is 2. The second-order valence-electron chi connectivity index (χ2n) is 7.05. The molecule has 0 aliphatic carbocycles. The van der Waals surface area contributed by atoms with Gasteiger partial charge in [0, 0.05) is 12.0 Å². The van der Waals surface area contributed by atoms with Crippen LogP contribution in [0.25, 0.3) is 22.3 Å². The number of nitrogens with zero attached hydrogens (tertiary/aromatic N) is 2. The normalized spacial score (nSPS) is 14.8. The Hall–Kier alpha value is -3.97. The van der Waals surface area contributed by atoms with Crippen molar-refractivity contribution in [3.8, 4) is 17.1 Å². The molecule has 0 spiro atoms. The summed E-state index contributed by atoms with van der Waals surface area (Å²) >= 11 is 0. The van der Waals surface area contributed by atoms with Crippen LogP contribution in [0.2, 0.25) is 0 Å². The molecule has 2 heterocycles. The Morgan fingerprint density at radius 3 is 2.43 bits per heavy atom. The summed E-state index contributed by atoms with van der Waals surface area (Å²) in [7, 11) is 0. The van der Waals surface area contributed by atoms with Crippen molar-refractivity contribution in [3.05, 3.63) is 88.7 Å². The third-order valence-corrected chi connectivity index (χ3v) is 5.21. The number of carbonyl (C=O) groups excluding carboxylic acids is 1. The third kappa shape index (κ3) is 3.11. The summed E-state index contributed by atoms with van der Waals surface area (Å²) in [5.41, 5.74) is 2.51. The van der Waals surface area contributed by atoms with Crippen LogP contribution in [0, 0.1) is 0 Å². The monoisotopic (exact) mass is 401 g/mol. The lowest BCUT2D eigenvalue weighted by Gasteiger charge is -2.19. The van der Waals surface area contributed by atoms with Crippen LogP contribution >= 0.6 is 0 Å². The fourth-order valence-corrected chi connectivity index (χ4v) is 3.78. The fourth-order valence-electron chi connectivity index (χ4n) is 3.78. The van der Waals surface area contributed by atoms with Gasteiger partial charge in [0.05, 0.1) is 16.6 Å². The van der Waals surface area contributed by atoms with E-state index in [4.69, 9.17) is 4.98 Å². The Kier molecular flexibility index (Phi) is 4.81. The minimum Gasteiger partial charge on any atom is -0.508 e. The van der Waals surface area contributed by atoms with E-state index in [9.17, 15) is 14.7 Å². The summed E-state index contributed by atoms with van der Waals surface area (Å²) < 4.78 is 1.50. The number of nitrogens with one attached hydrogen (secondary N) is 1. The zero-order chi connectivity index (χ0) is 20.0. The Morgan fingerprint density at radius 1 is 0.933 bits per heavy atom. The maximum absolute atomic E-state index is 13.4. The fraction of sp³-hybridized carbons (Fsp3) is 0.0870. The first-order valence-electron chi connectivity index (χ1n) is 9.31. The number of carbonyl (C=O) groups is 1. The van der Waals surface area contributed by atoms with Crippen LogP contribution < -0.4 is 10.9 Å². The molecule has 3 aromatic carbocycles. The summed E-state index contributed by atoms with van der Waals surface area (Å²) in [6.07, 6.45) is 0.299. The van der Waals surface area contributed by atoms with Gasteiger partial charge in [-0.1, -0.05) is 36.4 Å². The van der Waals surface area contributed by atoms with E-state index in [1.807, 2.05) is 30.3 Å². The highest BCUT2D eigenvalue weighted by atomic mass is 16.3. The Bertz CT molecular complexity index is 1310. The molecule has 7 nitrogen and oxygen atoms in total. The molecule has 0 fully saturated rings. The molecule has 0 saturated heterocycles. The molecule has 0 radical (unpaired) electrons. The topological polar surface area (TPSA) is 116 Å². The van der Waals surface area contributed by atoms with Crippen molar-refractivity contribution < 1.29 is 15.4 Å². The van der Waals surface area contributed by atoms with E-state index in [0.717, 1.165) is 5.56 Å². The number of phenolic OH excluding ortho intramolecular Hbond substituents is 1. The second kappa shape index (κ2) is 7.46. The van der Waals surface area contributed by atoms with Crippen LogP contribution in [0.4, 0.5) is 5.69 Å². The molecular weight excluding hydrogens is 382 g/mol. The summed E-state index contributed by atoms with van der Waals surface area (Å²) in [4.78, 5) is 31.3. The summed E-state index contributed by atoms with van der Waals surface area (Å²) in [6.45, 7) is 0. The van der Waals surface area contributed by atoms with E-state index in [1.54, 1.807) is 42.5 Å². The van der Waals surface area contributed by atoms with Gasteiger partial charge in [-0.15, -0.1) is 0 Å². The van der Waals surface area contributed by atoms with E-state index >= 15 is 0 Å². The second-order valence-corrected chi connectivity index (χ2v) is 7.05. The molecule has 1 aliphatic rings. The van der Waals surface area contributed by atoms with Crippen molar-refractivity contribution in [1.82, 2.24) is 9.55 Å². The van der Waals surface area contributed by atoms with Gasteiger partial charge in [0.1, 0.15) is 17.6 Å². The van der Waals surface area contributed by atoms with Crippen LogP contribution in [-0.4, -0.2) is 26.0 Å². The van der Waals surface area contributed by atoms with Gasteiger partial charge in [-0.05, 0) is 42.0 Å². The molecule has 1 atom stereocenters. The molecular formula is C23H19N3O4. The van der Waals surface area contributed by atoms with Crippen LogP contribution in [0.5, 0.6) is 5.75 Å². The molecule has 1 amide bonds. The Morgan fingerprint density at radius 2 is 1.63 bits per heavy atom. The molecule has 7 heteroatoms. The number of aromatic hydroxyl groups is 1. The molecule has 1 aliphatic heterocycles. The summed E-state index contributed by atoms with van der Waals surface area (Å²) in [5, 5.41) is 13.0. The van der Waals surface area contributed by atoms with Crippen LogP contribution in [0.15, 0.2) is 77.6 Å². The van der Waals surface area contributed by atoms with E-state index < -0.39 is 6.04 Å². The zero-order valence-electron chi connectivity index (χ0n) is 15.9. The average Bonchev–Trinajstić information content (AvgIpc) is 2.85. The predicted molar refractivity (Wildman–Crippen MR) is 115 cm³/mol. The summed E-state index contributed by atoms with van der Waals surface area (Å²) in [5.74, 6) is 0.339. The first kappa shape index (κ1) is 19.4. The quantitative estimate of drug-likeness (QED) is 0.537. The number of aromatic nitrogens is 2. The standard InChI is InChI=1S/C23H17N3O3.H2O/c27-15-11-9-14(10-12-15)13-20-22(28)25-18-7-3-1-5-16(18)21-24-19-8-4-2-6-17(19)23(29)26(20)21;/h1-12,20,27H,13H2,(H,25,28);1H2/t20-;/m1./s1.